The van der Waals surface area contributed by atoms with Crippen molar-refractivity contribution in [3.8, 4) is 0 Å². The summed E-state index contributed by atoms with van der Waals surface area (Å²) in [6, 6.07) is 2.13. The van der Waals surface area contributed by atoms with Gasteiger partial charge in [-0.3, -0.25) is 0 Å². The third-order valence-corrected chi connectivity index (χ3v) is 1.11. The van der Waals surface area contributed by atoms with Crippen molar-refractivity contribution in [3.05, 3.63) is 35.4 Å². The van der Waals surface area contributed by atoms with E-state index in [9.17, 15) is 13.6 Å². The summed E-state index contributed by atoms with van der Waals surface area (Å²) in [6.07, 6.45) is 0. The molecule has 1 rings (SSSR count). The molecule has 12 heavy (non-hydrogen) atoms. The van der Waals surface area contributed by atoms with Crippen LogP contribution in [0.25, 0.3) is 0 Å². The maximum Gasteiger partial charge on any atom is 0.335 e. The first kappa shape index (κ1) is 10.8. The Morgan fingerprint density at radius 3 is 1.92 bits per heavy atom. The fourth-order valence-corrected chi connectivity index (χ4v) is 0.677. The topological polar surface area (TPSA) is 37.3 Å². The second-order valence-corrected chi connectivity index (χ2v) is 1.96. The van der Waals surface area contributed by atoms with Crippen LogP contribution in [0.2, 0.25) is 0 Å². The molecule has 0 aliphatic rings. The maximum absolute atomic E-state index is 12.3. The van der Waals surface area contributed by atoms with Gasteiger partial charge in [0.15, 0.2) is 0 Å². The molecule has 1 aromatic carbocycles. The van der Waals surface area contributed by atoms with E-state index in [4.69, 9.17) is 5.11 Å². The average Bonchev–Trinajstić information content (AvgIpc) is 1.85. The first-order chi connectivity index (χ1) is 5.09. The van der Waals surface area contributed by atoms with Gasteiger partial charge in [0.2, 0.25) is 0 Å². The molecule has 0 bridgehead atoms. The molecule has 0 aromatic heterocycles. The highest BCUT2D eigenvalue weighted by Gasteiger charge is 2.05. The molecule has 0 fully saturated rings. The van der Waals surface area contributed by atoms with Crippen molar-refractivity contribution in [2.75, 3.05) is 0 Å². The Labute approximate surface area is 73.2 Å². The average molecular weight is 195 g/mol. The molecule has 1 aromatic rings. The fraction of sp³-hybridized carbons (Fsp3) is 0. The van der Waals surface area contributed by atoms with Crippen LogP contribution in [0.1, 0.15) is 10.4 Å². The number of rotatable bonds is 1. The highest BCUT2D eigenvalue weighted by molar-refractivity contribution is 5.87. The third kappa shape index (κ3) is 2.47. The van der Waals surface area contributed by atoms with Gasteiger partial charge in [-0.05, 0) is 12.1 Å². The van der Waals surface area contributed by atoms with Crippen molar-refractivity contribution in [2.24, 2.45) is 0 Å². The highest BCUT2D eigenvalue weighted by Crippen LogP contribution is 2.07. The SMILES string of the molecule is Cl.O=C(O)c1cc(F)cc(F)c1. The number of carboxylic acid groups (broad SMARTS) is 1. The number of carboxylic acids is 1. The van der Waals surface area contributed by atoms with Gasteiger partial charge in [-0.15, -0.1) is 12.4 Å². The molecule has 1 N–H and O–H groups in total. The van der Waals surface area contributed by atoms with E-state index < -0.39 is 17.6 Å². The van der Waals surface area contributed by atoms with E-state index in [0.29, 0.717) is 6.07 Å². The standard InChI is InChI=1S/C7H4F2O2.ClH/c8-5-1-4(7(10)11)2-6(9)3-5;/h1-3H,(H,10,11);1H. The van der Waals surface area contributed by atoms with Crippen molar-refractivity contribution in [1.82, 2.24) is 0 Å². The Kier molecular flexibility index (Phi) is 3.63. The van der Waals surface area contributed by atoms with Gasteiger partial charge < -0.3 is 5.11 Å². The van der Waals surface area contributed by atoms with Gasteiger partial charge in [0, 0.05) is 6.07 Å². The first-order valence-corrected chi connectivity index (χ1v) is 2.79. The predicted molar refractivity (Wildman–Crippen MR) is 40.6 cm³/mol. The van der Waals surface area contributed by atoms with Gasteiger partial charge in [0.25, 0.3) is 0 Å². The van der Waals surface area contributed by atoms with Crippen molar-refractivity contribution >= 4 is 18.4 Å². The Morgan fingerprint density at radius 1 is 1.17 bits per heavy atom. The fourth-order valence-electron chi connectivity index (χ4n) is 0.677. The number of carbonyl (C=O) groups is 1. The van der Waals surface area contributed by atoms with Gasteiger partial charge in [0.1, 0.15) is 11.6 Å². The van der Waals surface area contributed by atoms with Gasteiger partial charge in [-0.1, -0.05) is 0 Å². The molecule has 2 nitrogen and oxygen atoms in total. The third-order valence-electron chi connectivity index (χ3n) is 1.11. The molecule has 0 radical (unpaired) electrons. The Morgan fingerprint density at radius 2 is 1.58 bits per heavy atom. The van der Waals surface area contributed by atoms with Crippen LogP contribution < -0.4 is 0 Å². The van der Waals surface area contributed by atoms with Crippen LogP contribution >= 0.6 is 12.4 Å². The lowest BCUT2D eigenvalue weighted by Crippen LogP contribution is -1.97. The van der Waals surface area contributed by atoms with E-state index >= 15 is 0 Å². The lowest BCUT2D eigenvalue weighted by molar-refractivity contribution is 0.0695. The number of hydrogen-bond acceptors (Lipinski definition) is 1. The monoisotopic (exact) mass is 194 g/mol. The summed E-state index contributed by atoms with van der Waals surface area (Å²) < 4.78 is 24.6. The zero-order valence-corrected chi connectivity index (χ0v) is 6.57. The molecule has 0 aliphatic heterocycles. The summed E-state index contributed by atoms with van der Waals surface area (Å²) in [7, 11) is 0. The maximum atomic E-state index is 12.3. The van der Waals surface area contributed by atoms with E-state index in [1.54, 1.807) is 0 Å². The number of aromatic carboxylic acids is 1. The number of benzene rings is 1. The molecular formula is C7H5ClF2O2. The Bertz CT molecular complexity index is 281. The summed E-state index contributed by atoms with van der Waals surface area (Å²) >= 11 is 0. The van der Waals surface area contributed by atoms with Crippen LogP contribution in [0.5, 0.6) is 0 Å². The van der Waals surface area contributed by atoms with Crippen molar-refractivity contribution in [2.45, 2.75) is 0 Å². The summed E-state index contributed by atoms with van der Waals surface area (Å²) in [4.78, 5) is 10.2. The molecule has 0 spiro atoms. The van der Waals surface area contributed by atoms with Crippen molar-refractivity contribution in [3.63, 3.8) is 0 Å². The number of halogens is 3. The van der Waals surface area contributed by atoms with Gasteiger partial charge in [-0.25, -0.2) is 13.6 Å². The second kappa shape index (κ2) is 4.01. The molecule has 66 valence electrons. The molecule has 0 unspecified atom stereocenters. The molecular weight excluding hydrogens is 190 g/mol. The van der Waals surface area contributed by atoms with E-state index in [1.165, 1.54) is 0 Å². The predicted octanol–water partition coefficient (Wildman–Crippen LogP) is 2.08. The highest BCUT2D eigenvalue weighted by atomic mass is 35.5. The Balaban J connectivity index is 0.00000121. The molecule has 0 amide bonds. The smallest absolute Gasteiger partial charge is 0.335 e. The largest absolute Gasteiger partial charge is 0.478 e. The molecule has 0 heterocycles. The zero-order chi connectivity index (χ0) is 8.43. The lowest BCUT2D eigenvalue weighted by atomic mass is 10.2. The van der Waals surface area contributed by atoms with Crippen LogP contribution in [0.3, 0.4) is 0 Å². The van der Waals surface area contributed by atoms with E-state index in [0.717, 1.165) is 12.1 Å². The second-order valence-electron chi connectivity index (χ2n) is 1.96. The molecule has 0 saturated carbocycles. The quantitative estimate of drug-likeness (QED) is 0.743. The zero-order valence-electron chi connectivity index (χ0n) is 5.75. The van der Waals surface area contributed by atoms with Crippen molar-refractivity contribution < 1.29 is 18.7 Å². The first-order valence-electron chi connectivity index (χ1n) is 2.79. The normalized spacial score (nSPS) is 8.83. The summed E-state index contributed by atoms with van der Waals surface area (Å²) in [6.45, 7) is 0. The van der Waals surface area contributed by atoms with Crippen LogP contribution in [0, 0.1) is 11.6 Å². The van der Waals surface area contributed by atoms with E-state index in [-0.39, 0.29) is 18.0 Å². The van der Waals surface area contributed by atoms with Crippen molar-refractivity contribution in [1.29, 1.82) is 0 Å². The lowest BCUT2D eigenvalue weighted by Gasteiger charge is -1.93. The van der Waals surface area contributed by atoms with Crippen LogP contribution in [0.4, 0.5) is 8.78 Å². The minimum Gasteiger partial charge on any atom is -0.478 e. The minimum absolute atomic E-state index is 0. The Hall–Kier alpha value is -1.16. The molecule has 0 saturated heterocycles. The van der Waals surface area contributed by atoms with Gasteiger partial charge in [-0.2, -0.15) is 0 Å². The van der Waals surface area contributed by atoms with E-state index in [2.05, 4.69) is 0 Å². The van der Waals surface area contributed by atoms with Gasteiger partial charge >= 0.3 is 5.97 Å². The summed E-state index contributed by atoms with van der Waals surface area (Å²) in [5, 5.41) is 8.30. The summed E-state index contributed by atoms with van der Waals surface area (Å²) in [5.74, 6) is -3.12. The van der Waals surface area contributed by atoms with Gasteiger partial charge in [0.05, 0.1) is 5.56 Å². The minimum atomic E-state index is -1.34. The molecule has 0 aliphatic carbocycles. The molecule has 5 heteroatoms. The van der Waals surface area contributed by atoms with Crippen LogP contribution in [0.15, 0.2) is 18.2 Å². The molecule has 0 atom stereocenters. The number of hydrogen-bond donors (Lipinski definition) is 1. The van der Waals surface area contributed by atoms with Crippen LogP contribution in [-0.2, 0) is 0 Å². The van der Waals surface area contributed by atoms with Crippen LogP contribution in [-0.4, -0.2) is 11.1 Å². The van der Waals surface area contributed by atoms with E-state index in [1.807, 2.05) is 0 Å². The summed E-state index contributed by atoms with van der Waals surface area (Å²) in [5.41, 5.74) is -0.387.